The lowest BCUT2D eigenvalue weighted by Gasteiger charge is -1.93. The average molecular weight is 196 g/mol. The summed E-state index contributed by atoms with van der Waals surface area (Å²) in [5, 5.41) is 10.6. The monoisotopic (exact) mass is 196 g/mol. The summed E-state index contributed by atoms with van der Waals surface area (Å²) in [4.78, 5) is 0. The normalized spacial score (nSPS) is 10.5. The molecule has 7 heteroatoms. The fourth-order valence-electron chi connectivity index (χ4n) is 1.05. The number of nitrogens with two attached hydrogens (primary N) is 1. The van der Waals surface area contributed by atoms with Crippen molar-refractivity contribution in [2.75, 3.05) is 5.84 Å². The molecule has 2 aromatic rings. The maximum atomic E-state index is 5.63. The van der Waals surface area contributed by atoms with E-state index in [2.05, 4.69) is 15.3 Å². The maximum absolute atomic E-state index is 5.63. The van der Waals surface area contributed by atoms with Gasteiger partial charge in [-0.3, -0.25) is 4.68 Å². The molecule has 0 aromatic carbocycles. The highest BCUT2D eigenvalue weighted by atomic mass is 32.1. The zero-order chi connectivity index (χ0) is 9.42. The molecule has 0 unspecified atom stereocenters. The molecule has 0 atom stereocenters. The van der Waals surface area contributed by atoms with Gasteiger partial charge in [-0.1, -0.05) is 0 Å². The molecule has 68 valence electrons. The molecule has 3 N–H and O–H groups in total. The first-order valence-electron chi connectivity index (χ1n) is 3.60. The van der Waals surface area contributed by atoms with Crippen LogP contribution in [0.1, 0.15) is 0 Å². The van der Waals surface area contributed by atoms with Crippen LogP contribution in [0, 0.1) is 4.77 Å². The van der Waals surface area contributed by atoms with Crippen molar-refractivity contribution in [3.63, 3.8) is 0 Å². The van der Waals surface area contributed by atoms with Gasteiger partial charge in [0, 0.05) is 13.2 Å². The number of H-pyrrole nitrogens is 1. The zero-order valence-corrected chi connectivity index (χ0v) is 7.75. The Labute approximate surface area is 79.0 Å². The number of rotatable bonds is 1. The second kappa shape index (κ2) is 2.70. The van der Waals surface area contributed by atoms with E-state index >= 15 is 0 Å². The summed E-state index contributed by atoms with van der Waals surface area (Å²) in [5.41, 5.74) is 0.831. The van der Waals surface area contributed by atoms with Crippen LogP contribution < -0.4 is 5.84 Å². The highest BCUT2D eigenvalue weighted by Gasteiger charge is 2.07. The molecule has 0 spiro atoms. The molecule has 2 rings (SSSR count). The van der Waals surface area contributed by atoms with Crippen LogP contribution in [-0.4, -0.2) is 24.7 Å². The highest BCUT2D eigenvalue weighted by molar-refractivity contribution is 7.71. The molecule has 0 saturated heterocycles. The van der Waals surface area contributed by atoms with E-state index in [1.54, 1.807) is 10.9 Å². The number of nitrogens with zero attached hydrogens (tertiary/aromatic N) is 4. The van der Waals surface area contributed by atoms with E-state index < -0.39 is 0 Å². The first-order valence-corrected chi connectivity index (χ1v) is 4.01. The van der Waals surface area contributed by atoms with Crippen molar-refractivity contribution in [1.29, 1.82) is 0 Å². The van der Waals surface area contributed by atoms with Crippen LogP contribution in [0.2, 0.25) is 0 Å². The van der Waals surface area contributed by atoms with Crippen LogP contribution in [0.3, 0.4) is 0 Å². The number of aromatic nitrogens is 5. The third-order valence-corrected chi connectivity index (χ3v) is 1.96. The molecule has 0 amide bonds. The van der Waals surface area contributed by atoms with Crippen LogP contribution in [0.15, 0.2) is 12.4 Å². The molecule has 0 aliphatic rings. The fraction of sp³-hybridized carbons (Fsp3) is 0.167. The lowest BCUT2D eigenvalue weighted by Crippen LogP contribution is -2.09. The van der Waals surface area contributed by atoms with Crippen LogP contribution in [0.25, 0.3) is 11.4 Å². The molecular formula is C6H8N6S. The fourth-order valence-corrected chi connectivity index (χ4v) is 1.18. The predicted molar refractivity (Wildman–Crippen MR) is 49.8 cm³/mol. The van der Waals surface area contributed by atoms with Gasteiger partial charge in [0.2, 0.25) is 4.77 Å². The second-order valence-corrected chi connectivity index (χ2v) is 3.01. The van der Waals surface area contributed by atoms with Gasteiger partial charge in [-0.15, -0.1) is 0 Å². The molecule has 2 heterocycles. The summed E-state index contributed by atoms with van der Waals surface area (Å²) in [6, 6.07) is 0. The van der Waals surface area contributed by atoms with Gasteiger partial charge < -0.3 is 5.84 Å². The lowest BCUT2D eigenvalue weighted by atomic mass is 10.3. The minimum atomic E-state index is 0.388. The van der Waals surface area contributed by atoms with E-state index in [0.29, 0.717) is 10.6 Å². The summed E-state index contributed by atoms with van der Waals surface area (Å²) in [5.74, 6) is 6.21. The SMILES string of the molecule is Cn1cc(-c2n[nH]c(=S)n2N)cn1. The van der Waals surface area contributed by atoms with E-state index in [4.69, 9.17) is 18.1 Å². The first kappa shape index (κ1) is 7.99. The van der Waals surface area contributed by atoms with E-state index in [-0.39, 0.29) is 0 Å². The van der Waals surface area contributed by atoms with Gasteiger partial charge in [-0.2, -0.15) is 10.2 Å². The number of aromatic amines is 1. The lowest BCUT2D eigenvalue weighted by molar-refractivity contribution is 0.768. The first-order chi connectivity index (χ1) is 6.18. The molecule has 0 fully saturated rings. The van der Waals surface area contributed by atoms with Crippen LogP contribution in [-0.2, 0) is 7.05 Å². The summed E-state index contributed by atoms with van der Waals surface area (Å²) in [6.07, 6.45) is 3.49. The largest absolute Gasteiger partial charge is 0.335 e. The molecule has 0 aliphatic carbocycles. The van der Waals surface area contributed by atoms with E-state index in [1.165, 1.54) is 4.68 Å². The third-order valence-electron chi connectivity index (χ3n) is 1.67. The topological polar surface area (TPSA) is 77.5 Å². The van der Waals surface area contributed by atoms with Crippen molar-refractivity contribution in [2.45, 2.75) is 0 Å². The predicted octanol–water partition coefficient (Wildman–Crippen LogP) is 0.0550. The minimum absolute atomic E-state index is 0.388. The van der Waals surface area contributed by atoms with Gasteiger partial charge in [0.15, 0.2) is 5.82 Å². The molecule has 2 aromatic heterocycles. The smallest absolute Gasteiger partial charge is 0.214 e. The molecule has 0 bridgehead atoms. The van der Waals surface area contributed by atoms with Gasteiger partial charge in [-0.25, -0.2) is 9.77 Å². The van der Waals surface area contributed by atoms with Gasteiger partial charge in [-0.05, 0) is 12.2 Å². The Kier molecular flexibility index (Phi) is 1.66. The van der Waals surface area contributed by atoms with Crippen LogP contribution >= 0.6 is 12.2 Å². The van der Waals surface area contributed by atoms with Gasteiger partial charge in [0.25, 0.3) is 0 Å². The molecule has 0 radical (unpaired) electrons. The Morgan fingerprint density at radius 2 is 2.38 bits per heavy atom. The molecule has 6 nitrogen and oxygen atoms in total. The number of hydrogen-bond donors (Lipinski definition) is 2. The Hall–Kier alpha value is -1.63. The minimum Gasteiger partial charge on any atom is -0.335 e. The van der Waals surface area contributed by atoms with Crippen LogP contribution in [0.5, 0.6) is 0 Å². The van der Waals surface area contributed by atoms with Gasteiger partial charge in [0.1, 0.15) is 0 Å². The Balaban J connectivity index is 2.58. The summed E-state index contributed by atoms with van der Waals surface area (Å²) in [7, 11) is 1.83. The Morgan fingerprint density at radius 3 is 2.85 bits per heavy atom. The zero-order valence-electron chi connectivity index (χ0n) is 6.93. The Bertz CT molecular complexity index is 477. The maximum Gasteiger partial charge on any atom is 0.214 e. The van der Waals surface area contributed by atoms with Crippen molar-refractivity contribution in [3.05, 3.63) is 17.2 Å². The van der Waals surface area contributed by atoms with E-state index in [1.807, 2.05) is 13.2 Å². The van der Waals surface area contributed by atoms with Crippen molar-refractivity contribution in [1.82, 2.24) is 24.7 Å². The standard InChI is InChI=1S/C6H8N6S/c1-11-3-4(2-8-11)5-9-10-6(13)12(5)7/h2-3H,7H2,1H3,(H,10,13). The highest BCUT2D eigenvalue weighted by Crippen LogP contribution is 2.12. The summed E-state index contributed by atoms with van der Waals surface area (Å²) in [6.45, 7) is 0. The van der Waals surface area contributed by atoms with Crippen molar-refractivity contribution >= 4 is 12.2 Å². The number of aryl methyl sites for hydroxylation is 1. The third kappa shape index (κ3) is 1.22. The number of hydrogen-bond acceptors (Lipinski definition) is 4. The van der Waals surface area contributed by atoms with Gasteiger partial charge in [0.05, 0.1) is 11.8 Å². The van der Waals surface area contributed by atoms with Crippen molar-refractivity contribution < 1.29 is 0 Å². The Morgan fingerprint density at radius 1 is 1.62 bits per heavy atom. The summed E-state index contributed by atoms with van der Waals surface area (Å²) >= 11 is 4.87. The van der Waals surface area contributed by atoms with Crippen LogP contribution in [0.4, 0.5) is 0 Å². The number of nitrogen functional groups attached to an aromatic ring is 1. The quantitative estimate of drug-likeness (QED) is 0.499. The summed E-state index contributed by atoms with van der Waals surface area (Å²) < 4.78 is 3.37. The van der Waals surface area contributed by atoms with E-state index in [0.717, 1.165) is 5.56 Å². The van der Waals surface area contributed by atoms with Gasteiger partial charge >= 0.3 is 0 Å². The molecule has 0 aliphatic heterocycles. The average Bonchev–Trinajstić information content (AvgIpc) is 2.62. The molecule has 13 heavy (non-hydrogen) atoms. The van der Waals surface area contributed by atoms with E-state index in [9.17, 15) is 0 Å². The number of nitrogens with one attached hydrogen (secondary N) is 1. The second-order valence-electron chi connectivity index (χ2n) is 2.63. The molecular weight excluding hydrogens is 188 g/mol. The van der Waals surface area contributed by atoms with Crippen molar-refractivity contribution in [2.24, 2.45) is 7.05 Å². The van der Waals surface area contributed by atoms with Crippen molar-refractivity contribution in [3.8, 4) is 11.4 Å². The molecule has 0 saturated carbocycles.